The van der Waals surface area contributed by atoms with Crippen molar-refractivity contribution >= 4 is 11.0 Å². The van der Waals surface area contributed by atoms with Gasteiger partial charge in [0.15, 0.2) is 5.43 Å². The lowest BCUT2D eigenvalue weighted by Gasteiger charge is -2.40. The summed E-state index contributed by atoms with van der Waals surface area (Å²) in [5.74, 6) is 0.147. The number of benzene rings is 2. The molecule has 2 aliphatic heterocycles. The number of aliphatic hydroxyl groups excluding tert-OH is 7. The quantitative estimate of drug-likeness (QED) is 0.200. The summed E-state index contributed by atoms with van der Waals surface area (Å²) < 4.78 is 17.3. The first-order chi connectivity index (χ1) is 18.1. The van der Waals surface area contributed by atoms with Gasteiger partial charge in [-0.3, -0.25) is 4.79 Å². The molecule has 2 aromatic carbocycles. The van der Waals surface area contributed by atoms with Crippen LogP contribution in [0.4, 0.5) is 0 Å². The number of hydrogen-bond donors (Lipinski definition) is 8. The van der Waals surface area contributed by atoms with E-state index >= 15 is 0 Å². The van der Waals surface area contributed by atoms with E-state index in [0.717, 1.165) is 0 Å². The maximum absolute atomic E-state index is 13.4. The van der Waals surface area contributed by atoms with Crippen molar-refractivity contribution in [3.63, 3.8) is 0 Å². The fraction of sp³-hybridized carbons (Fsp3) is 0.423. The number of hydrogen-bond acceptors (Lipinski definition) is 12. The molecule has 38 heavy (non-hydrogen) atoms. The van der Waals surface area contributed by atoms with Gasteiger partial charge in [-0.2, -0.15) is 0 Å². The number of phenolic OH excluding ortho intramolecular Hbond substituents is 1. The van der Waals surface area contributed by atoms with E-state index < -0.39 is 67.0 Å². The lowest BCUT2D eigenvalue weighted by Crippen LogP contribution is -2.55. The van der Waals surface area contributed by atoms with Crippen LogP contribution in [0.1, 0.15) is 23.3 Å². The number of aromatic hydroxyl groups is 1. The molecule has 9 unspecified atom stereocenters. The summed E-state index contributed by atoms with van der Waals surface area (Å²) in [6, 6.07) is 9.87. The van der Waals surface area contributed by atoms with Gasteiger partial charge >= 0.3 is 0 Å². The van der Waals surface area contributed by atoms with Crippen LogP contribution >= 0.6 is 0 Å². The molecule has 5 rings (SSSR count). The predicted molar refractivity (Wildman–Crippen MR) is 129 cm³/mol. The zero-order valence-corrected chi connectivity index (χ0v) is 19.9. The van der Waals surface area contributed by atoms with Crippen molar-refractivity contribution in [1.29, 1.82) is 0 Å². The van der Waals surface area contributed by atoms with Crippen LogP contribution in [0.2, 0.25) is 0 Å². The van der Waals surface area contributed by atoms with Gasteiger partial charge in [0.05, 0.1) is 18.6 Å². The summed E-state index contributed by atoms with van der Waals surface area (Å²) in [4.78, 5) is 13.4. The Morgan fingerprint density at radius 3 is 2.18 bits per heavy atom. The Hall–Kier alpha value is -2.91. The summed E-state index contributed by atoms with van der Waals surface area (Å²) in [5, 5.41) is 81.3. The summed E-state index contributed by atoms with van der Waals surface area (Å²) in [5.41, 5.74) is 0.155. The number of rotatable bonds is 4. The Labute approximate surface area is 215 Å². The molecule has 0 amide bonds. The molecule has 2 aliphatic rings. The molecule has 3 aromatic rings. The van der Waals surface area contributed by atoms with Gasteiger partial charge in [-0.15, -0.1) is 0 Å². The summed E-state index contributed by atoms with van der Waals surface area (Å²) in [6.45, 7) is -0.998. The third kappa shape index (κ3) is 4.60. The average Bonchev–Trinajstić information content (AvgIpc) is 2.90. The van der Waals surface area contributed by atoms with Gasteiger partial charge in [0.1, 0.15) is 72.0 Å². The highest BCUT2D eigenvalue weighted by Gasteiger charge is 2.45. The number of ether oxygens (including phenoxy) is 2. The first-order valence-electron chi connectivity index (χ1n) is 12.0. The highest BCUT2D eigenvalue weighted by atomic mass is 16.5. The lowest BCUT2D eigenvalue weighted by molar-refractivity contribution is -0.231. The molecule has 1 aromatic heterocycles. The molecule has 2 fully saturated rings. The van der Waals surface area contributed by atoms with Gasteiger partial charge in [-0.25, -0.2) is 0 Å². The maximum Gasteiger partial charge on any atom is 0.193 e. The van der Waals surface area contributed by atoms with Gasteiger partial charge in [0, 0.05) is 11.6 Å². The van der Waals surface area contributed by atoms with Crippen LogP contribution in [-0.4, -0.2) is 96.8 Å². The van der Waals surface area contributed by atoms with Crippen LogP contribution < -0.4 is 5.43 Å². The average molecular weight is 532 g/mol. The van der Waals surface area contributed by atoms with Crippen molar-refractivity contribution in [2.45, 2.75) is 54.9 Å². The lowest BCUT2D eigenvalue weighted by atomic mass is 9.87. The summed E-state index contributed by atoms with van der Waals surface area (Å²) in [6.07, 6.45) is -13.3. The molecular weight excluding hydrogens is 504 g/mol. The van der Waals surface area contributed by atoms with E-state index in [9.17, 15) is 45.6 Å². The van der Waals surface area contributed by atoms with E-state index in [4.69, 9.17) is 13.9 Å². The van der Waals surface area contributed by atoms with Crippen molar-refractivity contribution in [1.82, 2.24) is 0 Å². The number of aliphatic hydroxyl groups is 7. The molecule has 8 N–H and O–H groups in total. The minimum atomic E-state index is -1.67. The second-order valence-corrected chi connectivity index (χ2v) is 9.56. The second-order valence-electron chi connectivity index (χ2n) is 9.56. The van der Waals surface area contributed by atoms with Crippen LogP contribution in [-0.2, 0) is 9.47 Å². The Kier molecular flexibility index (Phi) is 7.26. The first kappa shape index (κ1) is 26.7. The Bertz CT molecular complexity index is 1350. The van der Waals surface area contributed by atoms with Crippen molar-refractivity contribution in [2.24, 2.45) is 0 Å². The number of phenols is 1. The maximum atomic E-state index is 13.4. The summed E-state index contributed by atoms with van der Waals surface area (Å²) in [7, 11) is 0. The van der Waals surface area contributed by atoms with Crippen molar-refractivity contribution in [3.8, 4) is 17.1 Å². The molecule has 204 valence electrons. The van der Waals surface area contributed by atoms with Crippen molar-refractivity contribution in [3.05, 3.63) is 63.8 Å². The van der Waals surface area contributed by atoms with Crippen LogP contribution in [0.5, 0.6) is 5.75 Å². The fourth-order valence-electron chi connectivity index (χ4n) is 4.96. The fourth-order valence-corrected chi connectivity index (χ4v) is 4.96. The van der Waals surface area contributed by atoms with Crippen molar-refractivity contribution in [2.75, 3.05) is 13.2 Å². The highest BCUT2D eigenvalue weighted by molar-refractivity contribution is 5.83. The Morgan fingerprint density at radius 1 is 0.816 bits per heavy atom. The molecule has 2 saturated heterocycles. The molecule has 12 heteroatoms. The van der Waals surface area contributed by atoms with Gasteiger partial charge in [-0.1, -0.05) is 0 Å². The van der Waals surface area contributed by atoms with E-state index in [2.05, 4.69) is 0 Å². The SMILES string of the molecule is O=c1cc(-c2ccc(O)cc2)oc2cc(C3OC(CO)C(O)C(O)C3O)cc(C3OCC(O)C(O)C3O)c12. The van der Waals surface area contributed by atoms with Gasteiger partial charge in [-0.05, 0) is 47.5 Å². The summed E-state index contributed by atoms with van der Waals surface area (Å²) >= 11 is 0. The third-order valence-electron chi connectivity index (χ3n) is 7.06. The standard InChI is InChI=1S/C26H28O12/c27-8-18-21(32)22(33)24(35)25(38-18)11-5-13(26-23(34)20(31)15(30)9-36-26)19-14(29)7-16(37-17(19)6-11)10-1-3-12(28)4-2-10/h1-7,15,18,20-28,30-35H,8-9H2. The van der Waals surface area contributed by atoms with Crippen LogP contribution in [0.15, 0.2) is 51.7 Å². The molecule has 0 radical (unpaired) electrons. The minimum Gasteiger partial charge on any atom is -0.508 e. The second kappa shape index (κ2) is 10.3. The van der Waals surface area contributed by atoms with E-state index in [1.54, 1.807) is 0 Å². The zero-order valence-electron chi connectivity index (χ0n) is 19.9. The molecule has 3 heterocycles. The first-order valence-corrected chi connectivity index (χ1v) is 12.0. The van der Waals surface area contributed by atoms with E-state index in [1.807, 2.05) is 0 Å². The van der Waals surface area contributed by atoms with E-state index in [-0.39, 0.29) is 40.2 Å². The molecule has 0 saturated carbocycles. The smallest absolute Gasteiger partial charge is 0.193 e. The Morgan fingerprint density at radius 2 is 1.50 bits per heavy atom. The van der Waals surface area contributed by atoms with Crippen LogP contribution in [0.3, 0.4) is 0 Å². The van der Waals surface area contributed by atoms with E-state index in [0.29, 0.717) is 5.56 Å². The van der Waals surface area contributed by atoms with Gasteiger partial charge < -0.3 is 54.7 Å². The molecule has 0 spiro atoms. The normalized spacial score (nSPS) is 33.9. The van der Waals surface area contributed by atoms with Crippen LogP contribution in [0.25, 0.3) is 22.3 Å². The van der Waals surface area contributed by atoms with Crippen molar-refractivity contribution < 1.29 is 54.7 Å². The largest absolute Gasteiger partial charge is 0.508 e. The predicted octanol–water partition coefficient (Wildman–Crippen LogP) is -1.17. The zero-order chi connectivity index (χ0) is 27.3. The minimum absolute atomic E-state index is 0.00601. The van der Waals surface area contributed by atoms with Gasteiger partial charge in [0.2, 0.25) is 0 Å². The molecule has 9 atom stereocenters. The highest BCUT2D eigenvalue weighted by Crippen LogP contribution is 2.39. The molecule has 0 bridgehead atoms. The molecular formula is C26H28O12. The number of fused-ring (bicyclic) bond motifs is 1. The van der Waals surface area contributed by atoms with Gasteiger partial charge in [0.25, 0.3) is 0 Å². The Balaban J connectivity index is 1.70. The van der Waals surface area contributed by atoms with E-state index in [1.165, 1.54) is 42.5 Å². The topological polar surface area (TPSA) is 211 Å². The molecule has 0 aliphatic carbocycles. The third-order valence-corrected chi connectivity index (χ3v) is 7.06. The monoisotopic (exact) mass is 532 g/mol. The van der Waals surface area contributed by atoms with Crippen LogP contribution in [0, 0.1) is 0 Å². The molecule has 12 nitrogen and oxygen atoms in total.